The molecule has 5 N–H and O–H groups in total. The highest BCUT2D eigenvalue weighted by atomic mass is 16.6. The van der Waals surface area contributed by atoms with Gasteiger partial charge in [-0.15, -0.1) is 0 Å². The largest absolute Gasteiger partial charge is 0.390 e. The van der Waals surface area contributed by atoms with E-state index in [9.17, 15) is 14.7 Å². The molecule has 1 unspecified atom stereocenters. The number of carbonyl (C=O) groups excluding carboxylic acids is 1. The Morgan fingerprint density at radius 3 is 3.00 bits per heavy atom. The van der Waals surface area contributed by atoms with Crippen LogP contribution in [0.1, 0.15) is 32.1 Å². The van der Waals surface area contributed by atoms with Crippen LogP contribution in [0.5, 0.6) is 0 Å². The van der Waals surface area contributed by atoms with E-state index in [1.807, 2.05) is 13.8 Å². The molecule has 1 aliphatic rings. The van der Waals surface area contributed by atoms with Crippen molar-refractivity contribution in [3.63, 3.8) is 0 Å². The Bertz CT molecular complexity index is 782. The van der Waals surface area contributed by atoms with Gasteiger partial charge in [-0.2, -0.15) is 4.98 Å². The Morgan fingerprint density at radius 2 is 2.33 bits per heavy atom. The smallest absolute Gasteiger partial charge is 0.351 e. The summed E-state index contributed by atoms with van der Waals surface area (Å²) < 4.78 is 12.4. The molecule has 0 radical (unpaired) electrons. The number of aromatic nitrogens is 2. The second-order valence-corrected chi connectivity index (χ2v) is 6.28. The summed E-state index contributed by atoms with van der Waals surface area (Å²) in [6, 6.07) is 0. The van der Waals surface area contributed by atoms with Gasteiger partial charge in [0.15, 0.2) is 0 Å². The number of hydrogen-bond donors (Lipinski definition) is 4. The van der Waals surface area contributed by atoms with Gasteiger partial charge in [0.05, 0.1) is 30.9 Å². The van der Waals surface area contributed by atoms with Crippen molar-refractivity contribution in [2.24, 2.45) is 0 Å². The number of anilines is 1. The maximum absolute atomic E-state index is 12.2. The van der Waals surface area contributed by atoms with Gasteiger partial charge in [0.2, 0.25) is 5.91 Å². The van der Waals surface area contributed by atoms with Gasteiger partial charge in [0.25, 0.3) is 0 Å². The molecule has 0 bridgehead atoms. The van der Waals surface area contributed by atoms with Crippen LogP contribution >= 0.6 is 0 Å². The number of hydrogen-bond acceptors (Lipinski definition) is 8. The maximum Gasteiger partial charge on any atom is 0.351 e. The molecule has 1 aromatic heterocycles. The van der Waals surface area contributed by atoms with E-state index >= 15 is 0 Å². The summed E-state index contributed by atoms with van der Waals surface area (Å²) in [5, 5.41) is 21.1. The predicted octanol–water partition coefficient (Wildman–Crippen LogP) is -1.64. The Balaban J connectivity index is 2.12. The lowest BCUT2D eigenvalue weighted by molar-refractivity contribution is -0.123. The van der Waals surface area contributed by atoms with Crippen LogP contribution in [0, 0.1) is 11.8 Å². The van der Waals surface area contributed by atoms with E-state index in [2.05, 4.69) is 22.1 Å². The molecule has 10 heteroatoms. The van der Waals surface area contributed by atoms with E-state index in [1.54, 1.807) is 0 Å². The first kappa shape index (κ1) is 20.9. The molecule has 0 aromatic carbocycles. The SMILES string of the molecule is CC(C)OCC1O[C@@H](n2cc(C#CCNC(=O)CO)c(N)nc2=O)C[C@H]1O. The van der Waals surface area contributed by atoms with Gasteiger partial charge in [-0.1, -0.05) is 11.8 Å². The first-order valence-electron chi connectivity index (χ1n) is 8.52. The fourth-order valence-electron chi connectivity index (χ4n) is 2.45. The van der Waals surface area contributed by atoms with Gasteiger partial charge < -0.3 is 30.7 Å². The van der Waals surface area contributed by atoms with Crippen molar-refractivity contribution in [2.45, 2.75) is 44.8 Å². The lowest BCUT2D eigenvalue weighted by Crippen LogP contribution is -2.29. The number of nitrogens with one attached hydrogen (secondary N) is 1. The molecule has 1 aromatic rings. The maximum atomic E-state index is 12.2. The minimum absolute atomic E-state index is 0.00518. The molecule has 0 spiro atoms. The van der Waals surface area contributed by atoms with Crippen LogP contribution in [0.4, 0.5) is 5.82 Å². The molecule has 1 fully saturated rings. The minimum atomic E-state index is -0.776. The van der Waals surface area contributed by atoms with Crippen molar-refractivity contribution in [2.75, 3.05) is 25.5 Å². The van der Waals surface area contributed by atoms with E-state index < -0.39 is 36.6 Å². The standard InChI is InChI=1S/C17H24N4O6/c1-10(2)26-9-13-12(23)6-15(27-13)21-7-11(16(18)20-17(21)25)4-3-5-19-14(24)8-22/h7,10,12-13,15,22-23H,5-6,8-9H2,1-2H3,(H,19,24)(H2,18,20,25)/t12-,13?,15-/m1/s1. The average molecular weight is 380 g/mol. The third kappa shape index (κ3) is 5.77. The van der Waals surface area contributed by atoms with Crippen LogP contribution in [0.15, 0.2) is 11.0 Å². The molecule has 0 saturated carbocycles. The van der Waals surface area contributed by atoms with E-state index in [4.69, 9.17) is 20.3 Å². The highest BCUT2D eigenvalue weighted by molar-refractivity contribution is 5.77. The number of amides is 1. The van der Waals surface area contributed by atoms with E-state index in [-0.39, 0.29) is 37.1 Å². The number of carbonyl (C=O) groups is 1. The van der Waals surface area contributed by atoms with Crippen molar-refractivity contribution in [3.05, 3.63) is 22.2 Å². The summed E-state index contributed by atoms with van der Waals surface area (Å²) in [5.41, 5.74) is 5.40. The van der Waals surface area contributed by atoms with Gasteiger partial charge in [0, 0.05) is 12.6 Å². The summed E-state index contributed by atoms with van der Waals surface area (Å²) in [5.74, 6) is 4.77. The third-order valence-electron chi connectivity index (χ3n) is 3.83. The highest BCUT2D eigenvalue weighted by Crippen LogP contribution is 2.28. The molecule has 3 atom stereocenters. The zero-order valence-electron chi connectivity index (χ0n) is 15.2. The normalized spacial score (nSPS) is 21.7. The van der Waals surface area contributed by atoms with Crippen molar-refractivity contribution in [3.8, 4) is 11.8 Å². The predicted molar refractivity (Wildman–Crippen MR) is 95.5 cm³/mol. The van der Waals surface area contributed by atoms with Crippen LogP contribution in [-0.2, 0) is 14.3 Å². The number of nitrogens with zero attached hydrogens (tertiary/aromatic N) is 2. The number of aliphatic hydroxyl groups excluding tert-OH is 2. The number of nitrogens with two attached hydrogens (primary N) is 1. The summed E-state index contributed by atoms with van der Waals surface area (Å²) >= 11 is 0. The summed E-state index contributed by atoms with van der Waals surface area (Å²) in [6.45, 7) is 3.34. The van der Waals surface area contributed by atoms with Crippen LogP contribution in [-0.4, -0.2) is 63.7 Å². The molecule has 1 amide bonds. The van der Waals surface area contributed by atoms with Crippen molar-refractivity contribution >= 4 is 11.7 Å². The fraction of sp³-hybridized carbons (Fsp3) is 0.588. The van der Waals surface area contributed by atoms with Gasteiger partial charge in [-0.25, -0.2) is 4.79 Å². The topological polar surface area (TPSA) is 149 Å². The summed E-state index contributed by atoms with van der Waals surface area (Å²) in [7, 11) is 0. The Kier molecular flexibility index (Phi) is 7.32. The first-order valence-corrected chi connectivity index (χ1v) is 8.52. The second-order valence-electron chi connectivity index (χ2n) is 6.28. The Labute approximate surface area is 156 Å². The average Bonchev–Trinajstić information content (AvgIpc) is 2.98. The number of nitrogen functional groups attached to an aromatic ring is 1. The first-order chi connectivity index (χ1) is 12.8. The minimum Gasteiger partial charge on any atom is -0.390 e. The molecule has 27 heavy (non-hydrogen) atoms. The van der Waals surface area contributed by atoms with Gasteiger partial charge in [-0.05, 0) is 13.8 Å². The van der Waals surface area contributed by atoms with Crippen molar-refractivity contribution < 1.29 is 24.5 Å². The molecular formula is C17H24N4O6. The zero-order valence-corrected chi connectivity index (χ0v) is 15.2. The number of rotatable bonds is 6. The van der Waals surface area contributed by atoms with E-state index in [0.29, 0.717) is 0 Å². The van der Waals surface area contributed by atoms with Crippen LogP contribution in [0.2, 0.25) is 0 Å². The van der Waals surface area contributed by atoms with E-state index in [1.165, 1.54) is 10.8 Å². The summed E-state index contributed by atoms with van der Waals surface area (Å²) in [4.78, 5) is 26.9. The Hall–Kier alpha value is -2.45. The molecule has 1 saturated heterocycles. The lowest BCUT2D eigenvalue weighted by atomic mass is 10.2. The Morgan fingerprint density at radius 1 is 1.59 bits per heavy atom. The fourth-order valence-corrected chi connectivity index (χ4v) is 2.45. The number of ether oxygens (including phenoxy) is 2. The molecule has 1 aliphatic heterocycles. The van der Waals surface area contributed by atoms with Crippen molar-refractivity contribution in [1.29, 1.82) is 0 Å². The molecule has 2 heterocycles. The van der Waals surface area contributed by atoms with Gasteiger partial charge in [0.1, 0.15) is 24.8 Å². The van der Waals surface area contributed by atoms with E-state index in [0.717, 1.165) is 0 Å². The van der Waals surface area contributed by atoms with Crippen LogP contribution in [0.3, 0.4) is 0 Å². The molecule has 2 rings (SSSR count). The summed E-state index contributed by atoms with van der Waals surface area (Å²) in [6.07, 6.45) is -0.428. The highest BCUT2D eigenvalue weighted by Gasteiger charge is 2.36. The molecular weight excluding hydrogens is 356 g/mol. The second kappa shape index (κ2) is 9.48. The van der Waals surface area contributed by atoms with Gasteiger partial charge >= 0.3 is 5.69 Å². The molecule has 10 nitrogen and oxygen atoms in total. The third-order valence-corrected chi connectivity index (χ3v) is 3.83. The molecule has 148 valence electrons. The van der Waals surface area contributed by atoms with Gasteiger partial charge in [-0.3, -0.25) is 9.36 Å². The molecule has 0 aliphatic carbocycles. The van der Waals surface area contributed by atoms with Crippen molar-refractivity contribution in [1.82, 2.24) is 14.9 Å². The van der Waals surface area contributed by atoms with Crippen LogP contribution in [0.25, 0.3) is 0 Å². The zero-order chi connectivity index (χ0) is 20.0. The monoisotopic (exact) mass is 380 g/mol. The number of aliphatic hydroxyl groups is 2. The van der Waals surface area contributed by atoms with Crippen LogP contribution < -0.4 is 16.7 Å². The lowest BCUT2D eigenvalue weighted by Gasteiger charge is -2.17. The quantitative estimate of drug-likeness (QED) is 0.429.